The minimum Gasteiger partial charge on any atom is -0.381 e. The molecule has 0 aliphatic carbocycles. The fourth-order valence-electron chi connectivity index (χ4n) is 2.58. The van der Waals surface area contributed by atoms with Crippen LogP contribution in [0.1, 0.15) is 16.8 Å². The van der Waals surface area contributed by atoms with Gasteiger partial charge in [-0.15, -0.1) is 0 Å². The van der Waals surface area contributed by atoms with Gasteiger partial charge in [0, 0.05) is 23.3 Å². The highest BCUT2D eigenvalue weighted by Gasteiger charge is 2.04. The number of hydrogen-bond donors (Lipinski definition) is 1. The van der Waals surface area contributed by atoms with E-state index < -0.39 is 0 Å². The molecule has 3 rings (SSSR count). The Balaban J connectivity index is 1.91. The van der Waals surface area contributed by atoms with Crippen LogP contribution in [0.3, 0.4) is 0 Å². The van der Waals surface area contributed by atoms with Crippen LogP contribution in [-0.2, 0) is 6.54 Å². The Labute approximate surface area is 123 Å². The van der Waals surface area contributed by atoms with Gasteiger partial charge in [-0.3, -0.25) is 4.98 Å². The van der Waals surface area contributed by atoms with Gasteiger partial charge in [0.15, 0.2) is 0 Å². The van der Waals surface area contributed by atoms with Crippen LogP contribution in [0.15, 0.2) is 48.5 Å². The Morgan fingerprint density at radius 3 is 2.67 bits per heavy atom. The first-order valence-corrected chi connectivity index (χ1v) is 6.98. The highest BCUT2D eigenvalue weighted by molar-refractivity contribution is 5.82. The van der Waals surface area contributed by atoms with Crippen LogP contribution in [0, 0.1) is 19.7 Å². The van der Waals surface area contributed by atoms with Crippen LogP contribution in [0.25, 0.3) is 10.9 Å². The number of fused-ring (bicyclic) bond motifs is 1. The minimum atomic E-state index is -0.215. The molecule has 0 fully saturated rings. The van der Waals surface area contributed by atoms with Gasteiger partial charge < -0.3 is 5.32 Å². The zero-order chi connectivity index (χ0) is 14.8. The lowest BCUT2D eigenvalue weighted by molar-refractivity contribution is 0.627. The van der Waals surface area contributed by atoms with E-state index in [2.05, 4.69) is 22.4 Å². The maximum Gasteiger partial charge on any atom is 0.125 e. The third-order valence-corrected chi connectivity index (χ3v) is 3.46. The number of nitrogens with zero attached hydrogens (tertiary/aromatic N) is 1. The van der Waals surface area contributed by atoms with Crippen LogP contribution in [-0.4, -0.2) is 4.98 Å². The van der Waals surface area contributed by atoms with Crippen LogP contribution in [0.4, 0.5) is 10.1 Å². The molecule has 0 radical (unpaired) electrons. The summed E-state index contributed by atoms with van der Waals surface area (Å²) in [6.07, 6.45) is 0. The van der Waals surface area contributed by atoms with E-state index in [0.717, 1.165) is 27.8 Å². The fraction of sp³-hybridized carbons (Fsp3) is 0.167. The molecule has 3 aromatic rings. The van der Waals surface area contributed by atoms with E-state index in [1.54, 1.807) is 0 Å². The first-order chi connectivity index (χ1) is 10.1. The summed E-state index contributed by atoms with van der Waals surface area (Å²) in [5.74, 6) is -0.215. The molecule has 1 heterocycles. The first kappa shape index (κ1) is 13.6. The molecule has 0 aliphatic rings. The SMILES string of the molecule is Cc1cc(F)cc(NCc2cc(C)nc3ccccc23)c1. The summed E-state index contributed by atoms with van der Waals surface area (Å²) in [7, 11) is 0. The van der Waals surface area contributed by atoms with Crippen LogP contribution >= 0.6 is 0 Å². The lowest BCUT2D eigenvalue weighted by Crippen LogP contribution is -2.02. The Morgan fingerprint density at radius 1 is 1.05 bits per heavy atom. The van der Waals surface area contributed by atoms with Crippen molar-refractivity contribution in [3.05, 3.63) is 71.2 Å². The Kier molecular flexibility index (Phi) is 3.57. The largest absolute Gasteiger partial charge is 0.381 e. The number of anilines is 1. The van der Waals surface area contributed by atoms with Crippen molar-refractivity contribution in [2.24, 2.45) is 0 Å². The number of nitrogens with one attached hydrogen (secondary N) is 1. The predicted octanol–water partition coefficient (Wildman–Crippen LogP) is 4.60. The normalized spacial score (nSPS) is 10.8. The number of aromatic nitrogens is 1. The molecule has 1 aromatic heterocycles. The molecule has 2 aromatic carbocycles. The summed E-state index contributed by atoms with van der Waals surface area (Å²) in [6.45, 7) is 4.52. The smallest absolute Gasteiger partial charge is 0.125 e. The zero-order valence-corrected chi connectivity index (χ0v) is 12.2. The molecule has 21 heavy (non-hydrogen) atoms. The van der Waals surface area contributed by atoms with Gasteiger partial charge in [-0.25, -0.2) is 4.39 Å². The second kappa shape index (κ2) is 5.52. The molecule has 0 saturated heterocycles. The summed E-state index contributed by atoms with van der Waals surface area (Å²) in [6, 6.07) is 15.1. The van der Waals surface area contributed by atoms with E-state index in [0.29, 0.717) is 6.54 Å². The van der Waals surface area contributed by atoms with E-state index in [1.165, 1.54) is 17.7 Å². The van der Waals surface area contributed by atoms with Gasteiger partial charge in [-0.1, -0.05) is 18.2 Å². The summed E-state index contributed by atoms with van der Waals surface area (Å²) >= 11 is 0. The van der Waals surface area contributed by atoms with Crippen molar-refractivity contribution in [2.75, 3.05) is 5.32 Å². The van der Waals surface area contributed by atoms with E-state index >= 15 is 0 Å². The quantitative estimate of drug-likeness (QED) is 0.758. The Hall–Kier alpha value is -2.42. The monoisotopic (exact) mass is 280 g/mol. The number of para-hydroxylation sites is 1. The predicted molar refractivity (Wildman–Crippen MR) is 84.9 cm³/mol. The molecule has 0 saturated carbocycles. The lowest BCUT2D eigenvalue weighted by Gasteiger charge is -2.11. The molecule has 0 atom stereocenters. The van der Waals surface area contributed by atoms with Crippen LogP contribution in [0.5, 0.6) is 0 Å². The number of benzene rings is 2. The van der Waals surface area contributed by atoms with E-state index in [1.807, 2.05) is 38.1 Å². The third-order valence-electron chi connectivity index (χ3n) is 3.46. The highest BCUT2D eigenvalue weighted by atomic mass is 19.1. The standard InChI is InChI=1S/C18H17FN2/c1-12-7-15(19)10-16(8-12)20-11-14-9-13(2)21-18-6-4-3-5-17(14)18/h3-10,20H,11H2,1-2H3. The average molecular weight is 280 g/mol. The molecule has 0 bridgehead atoms. The summed E-state index contributed by atoms with van der Waals surface area (Å²) < 4.78 is 13.4. The van der Waals surface area contributed by atoms with Crippen molar-refractivity contribution >= 4 is 16.6 Å². The van der Waals surface area contributed by atoms with Crippen molar-refractivity contribution in [1.29, 1.82) is 0 Å². The topological polar surface area (TPSA) is 24.9 Å². The molecular weight excluding hydrogens is 263 g/mol. The number of halogens is 1. The molecule has 0 spiro atoms. The van der Waals surface area contributed by atoms with Gasteiger partial charge in [-0.05, 0) is 55.3 Å². The number of hydrogen-bond acceptors (Lipinski definition) is 2. The van der Waals surface area contributed by atoms with Crippen LogP contribution in [0.2, 0.25) is 0 Å². The van der Waals surface area contributed by atoms with Gasteiger partial charge in [0.2, 0.25) is 0 Å². The lowest BCUT2D eigenvalue weighted by atomic mass is 10.1. The van der Waals surface area contributed by atoms with Crippen molar-refractivity contribution in [2.45, 2.75) is 20.4 Å². The van der Waals surface area contributed by atoms with Gasteiger partial charge >= 0.3 is 0 Å². The fourth-order valence-corrected chi connectivity index (χ4v) is 2.58. The third kappa shape index (κ3) is 3.02. The summed E-state index contributed by atoms with van der Waals surface area (Å²) in [5, 5.41) is 4.42. The van der Waals surface area contributed by atoms with E-state index in [4.69, 9.17) is 0 Å². The molecule has 1 N–H and O–H groups in total. The van der Waals surface area contributed by atoms with Gasteiger partial charge in [0.1, 0.15) is 5.82 Å². The Morgan fingerprint density at radius 2 is 1.86 bits per heavy atom. The highest BCUT2D eigenvalue weighted by Crippen LogP contribution is 2.20. The van der Waals surface area contributed by atoms with Gasteiger partial charge in [-0.2, -0.15) is 0 Å². The maximum absolute atomic E-state index is 13.4. The van der Waals surface area contributed by atoms with Crippen molar-refractivity contribution in [1.82, 2.24) is 4.98 Å². The van der Waals surface area contributed by atoms with Gasteiger partial charge in [0.05, 0.1) is 5.52 Å². The minimum absolute atomic E-state index is 0.215. The number of pyridine rings is 1. The molecule has 3 heteroatoms. The second-order valence-electron chi connectivity index (χ2n) is 5.31. The molecule has 0 unspecified atom stereocenters. The summed E-state index contributed by atoms with van der Waals surface area (Å²) in [5.41, 5.74) is 4.85. The average Bonchev–Trinajstić information content (AvgIpc) is 2.43. The van der Waals surface area contributed by atoms with Crippen molar-refractivity contribution < 1.29 is 4.39 Å². The van der Waals surface area contributed by atoms with Crippen molar-refractivity contribution in [3.8, 4) is 0 Å². The molecule has 0 aliphatic heterocycles. The zero-order valence-electron chi connectivity index (χ0n) is 12.2. The van der Waals surface area contributed by atoms with E-state index in [9.17, 15) is 4.39 Å². The second-order valence-corrected chi connectivity index (χ2v) is 5.31. The van der Waals surface area contributed by atoms with E-state index in [-0.39, 0.29) is 5.82 Å². The first-order valence-electron chi connectivity index (χ1n) is 6.98. The number of rotatable bonds is 3. The van der Waals surface area contributed by atoms with Crippen molar-refractivity contribution in [3.63, 3.8) is 0 Å². The van der Waals surface area contributed by atoms with Crippen LogP contribution < -0.4 is 5.32 Å². The summed E-state index contributed by atoms with van der Waals surface area (Å²) in [4.78, 5) is 4.53. The molecule has 0 amide bonds. The van der Waals surface area contributed by atoms with Gasteiger partial charge in [0.25, 0.3) is 0 Å². The number of aryl methyl sites for hydroxylation is 2. The Bertz CT molecular complexity index is 776. The maximum atomic E-state index is 13.4. The molecule has 106 valence electrons. The molecule has 2 nitrogen and oxygen atoms in total. The molecular formula is C18H17FN2.